The minimum atomic E-state index is -3.31. The summed E-state index contributed by atoms with van der Waals surface area (Å²) in [5, 5.41) is 7.78. The molecule has 2 aromatic rings. The molecule has 0 aliphatic rings. The first-order chi connectivity index (χ1) is 14.0. The molecule has 0 fully saturated rings. The Kier molecular flexibility index (Phi) is 7.43. The predicted molar refractivity (Wildman–Crippen MR) is 107 cm³/mol. The van der Waals surface area contributed by atoms with E-state index in [1.165, 1.54) is 13.1 Å². The second-order valence-corrected chi connectivity index (χ2v) is 8.41. The number of amides is 1. The largest absolute Gasteiger partial charge is 0.352 e. The standard InChI is InChI=1S/C19H21F3N4O3S/c1-11-8-12(4-7-15(11)30(3,28)29)9-24-19(23-2)25-10-16(27)26-14-6-5-13(20)17(21)18(14)22/h4-8H,9-10H2,1-3H3,(H,26,27)(H2,23,24,25). The number of hydrogen-bond donors (Lipinski definition) is 3. The van der Waals surface area contributed by atoms with Crippen molar-refractivity contribution >= 4 is 27.4 Å². The van der Waals surface area contributed by atoms with Crippen LogP contribution in [0.3, 0.4) is 0 Å². The quantitative estimate of drug-likeness (QED) is 0.362. The summed E-state index contributed by atoms with van der Waals surface area (Å²) >= 11 is 0. The number of anilines is 1. The molecule has 1 amide bonds. The van der Waals surface area contributed by atoms with Crippen LogP contribution in [0.1, 0.15) is 11.1 Å². The van der Waals surface area contributed by atoms with E-state index >= 15 is 0 Å². The fourth-order valence-electron chi connectivity index (χ4n) is 2.62. The number of benzene rings is 2. The van der Waals surface area contributed by atoms with Gasteiger partial charge in [-0.15, -0.1) is 0 Å². The highest BCUT2D eigenvalue weighted by molar-refractivity contribution is 7.90. The molecule has 0 aliphatic carbocycles. The van der Waals surface area contributed by atoms with Crippen LogP contribution < -0.4 is 16.0 Å². The van der Waals surface area contributed by atoms with Gasteiger partial charge in [-0.25, -0.2) is 21.6 Å². The smallest absolute Gasteiger partial charge is 0.243 e. The number of aliphatic imine (C=N–C) groups is 1. The van der Waals surface area contributed by atoms with Crippen LogP contribution >= 0.6 is 0 Å². The Labute approximate surface area is 172 Å². The SMILES string of the molecule is CN=C(NCC(=O)Nc1ccc(F)c(F)c1F)NCc1ccc(S(C)(=O)=O)c(C)c1. The molecular formula is C19H21F3N4O3S. The number of rotatable bonds is 6. The van der Waals surface area contributed by atoms with E-state index in [9.17, 15) is 26.4 Å². The molecule has 2 rings (SSSR count). The Morgan fingerprint density at radius 1 is 1.07 bits per heavy atom. The Bertz CT molecular complexity index is 1090. The Morgan fingerprint density at radius 2 is 1.77 bits per heavy atom. The molecule has 0 aliphatic heterocycles. The van der Waals surface area contributed by atoms with Crippen LogP contribution in [0.25, 0.3) is 0 Å². The molecule has 0 spiro atoms. The van der Waals surface area contributed by atoms with Gasteiger partial charge < -0.3 is 16.0 Å². The Balaban J connectivity index is 1.92. The van der Waals surface area contributed by atoms with Gasteiger partial charge in [-0.1, -0.05) is 12.1 Å². The fourth-order valence-corrected chi connectivity index (χ4v) is 3.58. The number of nitrogens with one attached hydrogen (secondary N) is 3. The molecule has 0 unspecified atom stereocenters. The number of halogens is 3. The van der Waals surface area contributed by atoms with E-state index in [0.29, 0.717) is 18.2 Å². The highest BCUT2D eigenvalue weighted by atomic mass is 32.2. The van der Waals surface area contributed by atoms with Crippen LogP contribution in [0.5, 0.6) is 0 Å². The number of hydrogen-bond acceptors (Lipinski definition) is 4. The number of aryl methyl sites for hydroxylation is 1. The first kappa shape index (κ1) is 23.2. The third-order valence-corrected chi connectivity index (χ3v) is 5.31. The van der Waals surface area contributed by atoms with Gasteiger partial charge in [0.05, 0.1) is 17.1 Å². The van der Waals surface area contributed by atoms with Crippen molar-refractivity contribution in [3.63, 3.8) is 0 Å². The topological polar surface area (TPSA) is 99.7 Å². The highest BCUT2D eigenvalue weighted by Gasteiger charge is 2.15. The number of carbonyl (C=O) groups is 1. The van der Waals surface area contributed by atoms with Crippen LogP contribution in [0.4, 0.5) is 18.9 Å². The summed E-state index contributed by atoms with van der Waals surface area (Å²) in [6.45, 7) is 1.67. The lowest BCUT2D eigenvalue weighted by Crippen LogP contribution is -2.41. The van der Waals surface area contributed by atoms with Crippen LogP contribution in [0.2, 0.25) is 0 Å². The molecule has 0 bridgehead atoms. The van der Waals surface area contributed by atoms with Gasteiger partial charge in [0.2, 0.25) is 5.91 Å². The first-order valence-electron chi connectivity index (χ1n) is 8.70. The van der Waals surface area contributed by atoms with Crippen molar-refractivity contribution in [2.75, 3.05) is 25.2 Å². The van der Waals surface area contributed by atoms with E-state index in [-0.39, 0.29) is 17.4 Å². The van der Waals surface area contributed by atoms with Crippen molar-refractivity contribution < 1.29 is 26.4 Å². The number of sulfone groups is 1. The van der Waals surface area contributed by atoms with Crippen LogP contribution in [-0.4, -0.2) is 40.1 Å². The maximum atomic E-state index is 13.6. The third-order valence-electron chi connectivity index (χ3n) is 4.05. The lowest BCUT2D eigenvalue weighted by atomic mass is 10.1. The van der Waals surface area contributed by atoms with E-state index in [4.69, 9.17) is 0 Å². The minimum Gasteiger partial charge on any atom is -0.352 e. The average molecular weight is 442 g/mol. The highest BCUT2D eigenvalue weighted by Crippen LogP contribution is 2.19. The van der Waals surface area contributed by atoms with Crippen molar-refractivity contribution in [2.24, 2.45) is 4.99 Å². The van der Waals surface area contributed by atoms with E-state index in [1.54, 1.807) is 19.1 Å². The van der Waals surface area contributed by atoms with Crippen molar-refractivity contribution in [2.45, 2.75) is 18.4 Å². The predicted octanol–water partition coefficient (Wildman–Crippen LogP) is 2.12. The van der Waals surface area contributed by atoms with E-state index < -0.39 is 38.9 Å². The van der Waals surface area contributed by atoms with Gasteiger partial charge in [0, 0.05) is 19.8 Å². The summed E-state index contributed by atoms with van der Waals surface area (Å²) in [6, 6.07) is 6.51. The molecule has 0 heterocycles. The van der Waals surface area contributed by atoms with E-state index in [2.05, 4.69) is 20.9 Å². The zero-order chi connectivity index (χ0) is 22.5. The number of guanidine groups is 1. The van der Waals surface area contributed by atoms with Crippen LogP contribution in [0, 0.1) is 24.4 Å². The molecule has 0 atom stereocenters. The molecule has 0 saturated heterocycles. The van der Waals surface area contributed by atoms with Crippen molar-refractivity contribution in [3.05, 3.63) is 58.9 Å². The second-order valence-electron chi connectivity index (χ2n) is 6.42. The van der Waals surface area contributed by atoms with Gasteiger partial charge in [-0.2, -0.15) is 0 Å². The lowest BCUT2D eigenvalue weighted by Gasteiger charge is -2.13. The molecular weight excluding hydrogens is 421 g/mol. The molecule has 162 valence electrons. The van der Waals surface area contributed by atoms with Gasteiger partial charge in [0.15, 0.2) is 33.2 Å². The van der Waals surface area contributed by atoms with Crippen LogP contribution in [0.15, 0.2) is 40.2 Å². The van der Waals surface area contributed by atoms with Crippen molar-refractivity contribution in [1.29, 1.82) is 0 Å². The summed E-state index contributed by atoms with van der Waals surface area (Å²) < 4.78 is 63.1. The maximum absolute atomic E-state index is 13.6. The molecule has 0 aromatic heterocycles. The monoisotopic (exact) mass is 442 g/mol. The zero-order valence-electron chi connectivity index (χ0n) is 16.5. The van der Waals surface area contributed by atoms with Gasteiger partial charge in [-0.3, -0.25) is 9.79 Å². The van der Waals surface area contributed by atoms with Crippen molar-refractivity contribution in [3.8, 4) is 0 Å². The minimum absolute atomic E-state index is 0.245. The van der Waals surface area contributed by atoms with Gasteiger partial charge in [-0.05, 0) is 36.2 Å². The van der Waals surface area contributed by atoms with Gasteiger partial charge in [0.25, 0.3) is 0 Å². The second kappa shape index (κ2) is 9.61. The number of nitrogens with zero attached hydrogens (tertiary/aromatic N) is 1. The maximum Gasteiger partial charge on any atom is 0.243 e. The van der Waals surface area contributed by atoms with Gasteiger partial charge >= 0.3 is 0 Å². The zero-order valence-corrected chi connectivity index (χ0v) is 17.3. The van der Waals surface area contributed by atoms with Crippen molar-refractivity contribution in [1.82, 2.24) is 10.6 Å². The third kappa shape index (κ3) is 5.96. The Hall–Kier alpha value is -3.08. The summed E-state index contributed by atoms with van der Waals surface area (Å²) in [5.74, 6) is -4.96. The Morgan fingerprint density at radius 3 is 2.37 bits per heavy atom. The lowest BCUT2D eigenvalue weighted by molar-refractivity contribution is -0.115. The van der Waals surface area contributed by atoms with Gasteiger partial charge in [0.1, 0.15) is 0 Å². The molecule has 2 aromatic carbocycles. The summed E-state index contributed by atoms with van der Waals surface area (Å²) in [7, 11) is -1.84. The summed E-state index contributed by atoms with van der Waals surface area (Å²) in [4.78, 5) is 16.1. The first-order valence-corrected chi connectivity index (χ1v) is 10.6. The molecule has 30 heavy (non-hydrogen) atoms. The molecule has 0 saturated carbocycles. The number of carbonyl (C=O) groups excluding carboxylic acids is 1. The molecule has 3 N–H and O–H groups in total. The fraction of sp³-hybridized carbons (Fsp3) is 0.263. The molecule has 7 nitrogen and oxygen atoms in total. The van der Waals surface area contributed by atoms with Crippen LogP contribution in [-0.2, 0) is 21.2 Å². The summed E-state index contributed by atoms with van der Waals surface area (Å²) in [6.07, 6.45) is 1.14. The van der Waals surface area contributed by atoms with E-state index in [0.717, 1.165) is 17.9 Å². The average Bonchev–Trinajstić information content (AvgIpc) is 2.67. The molecule has 0 radical (unpaired) electrons. The van der Waals surface area contributed by atoms with E-state index in [1.807, 2.05) is 0 Å². The normalized spacial score (nSPS) is 11.9. The molecule has 11 heteroatoms. The summed E-state index contributed by atoms with van der Waals surface area (Å²) in [5.41, 5.74) is 0.911.